The molecule has 110 valence electrons. The lowest BCUT2D eigenvalue weighted by molar-refractivity contribution is 0.416. The molecule has 1 unspecified atom stereocenters. The molecule has 0 aliphatic heterocycles. The molecule has 1 N–H and O–H groups in total. The van der Waals surface area contributed by atoms with Crippen molar-refractivity contribution in [2.24, 2.45) is 0 Å². The second kappa shape index (κ2) is 7.68. The van der Waals surface area contributed by atoms with Crippen LogP contribution in [0.1, 0.15) is 82.4 Å². The summed E-state index contributed by atoms with van der Waals surface area (Å²) in [5.41, 5.74) is 3.96. The Labute approximate surface area is 118 Å². The average molecular weight is 265 g/mol. The minimum Gasteiger partial charge on any atom is -0.310 e. The molecule has 1 aromatic rings. The predicted molar refractivity (Wildman–Crippen MR) is 82.6 cm³/mol. The Bertz CT molecular complexity index is 378. The Morgan fingerprint density at radius 1 is 1.05 bits per heavy atom. The maximum Gasteiger partial charge on any atom is 0.0644 e. The normalized spacial score (nSPS) is 13.2. The van der Waals surface area contributed by atoms with E-state index in [1.54, 1.807) is 0 Å². The Morgan fingerprint density at radius 3 is 2.16 bits per heavy atom. The quantitative estimate of drug-likeness (QED) is 0.759. The summed E-state index contributed by atoms with van der Waals surface area (Å²) in [7, 11) is 0. The second-order valence-corrected chi connectivity index (χ2v) is 5.41. The van der Waals surface area contributed by atoms with E-state index in [9.17, 15) is 0 Å². The molecule has 0 saturated heterocycles. The van der Waals surface area contributed by atoms with Crippen LogP contribution in [0.25, 0.3) is 0 Å². The monoisotopic (exact) mass is 265 g/mol. The zero-order valence-electron chi connectivity index (χ0n) is 13.6. The standard InChI is InChI=1S/C16H31N3/c1-7-11-17-15(10-4)16-12(5)18-19(13(16)6)14(8-2)9-3/h14-15,17H,7-11H2,1-6H3. The number of nitrogens with zero attached hydrogens (tertiary/aromatic N) is 2. The summed E-state index contributed by atoms with van der Waals surface area (Å²) in [4.78, 5) is 0. The van der Waals surface area contributed by atoms with E-state index in [2.05, 4.69) is 51.5 Å². The van der Waals surface area contributed by atoms with Crippen LogP contribution in [0.4, 0.5) is 0 Å². The minimum absolute atomic E-state index is 0.447. The second-order valence-electron chi connectivity index (χ2n) is 5.41. The van der Waals surface area contributed by atoms with E-state index in [4.69, 9.17) is 5.10 Å². The van der Waals surface area contributed by atoms with Crippen molar-refractivity contribution in [1.82, 2.24) is 15.1 Å². The molecule has 1 rings (SSSR count). The van der Waals surface area contributed by atoms with E-state index in [1.807, 2.05) is 0 Å². The Morgan fingerprint density at radius 2 is 1.68 bits per heavy atom. The van der Waals surface area contributed by atoms with Crippen molar-refractivity contribution in [1.29, 1.82) is 0 Å². The van der Waals surface area contributed by atoms with Crippen molar-refractivity contribution in [3.8, 4) is 0 Å². The van der Waals surface area contributed by atoms with Crippen LogP contribution in [-0.4, -0.2) is 16.3 Å². The SMILES string of the molecule is CCCNC(CC)c1c(C)nn(C(CC)CC)c1C. The molecule has 0 aliphatic carbocycles. The molecular formula is C16H31N3. The third-order valence-electron chi connectivity index (χ3n) is 4.07. The first-order valence-corrected chi connectivity index (χ1v) is 7.89. The molecule has 0 spiro atoms. The molecule has 1 aromatic heterocycles. The van der Waals surface area contributed by atoms with Crippen LogP contribution >= 0.6 is 0 Å². The van der Waals surface area contributed by atoms with Crippen LogP contribution in [-0.2, 0) is 0 Å². The van der Waals surface area contributed by atoms with Crippen molar-refractivity contribution >= 4 is 0 Å². The van der Waals surface area contributed by atoms with Gasteiger partial charge in [0.05, 0.1) is 11.7 Å². The largest absolute Gasteiger partial charge is 0.310 e. The van der Waals surface area contributed by atoms with Gasteiger partial charge in [-0.05, 0) is 46.1 Å². The van der Waals surface area contributed by atoms with Crippen LogP contribution in [0.15, 0.2) is 0 Å². The lowest BCUT2D eigenvalue weighted by atomic mass is 10.0. The molecular weight excluding hydrogens is 234 g/mol. The fourth-order valence-electron chi connectivity index (χ4n) is 2.94. The van der Waals surface area contributed by atoms with Gasteiger partial charge in [0.15, 0.2) is 0 Å². The topological polar surface area (TPSA) is 29.9 Å². The van der Waals surface area contributed by atoms with Crippen molar-refractivity contribution in [2.45, 2.75) is 79.3 Å². The number of rotatable bonds is 8. The fraction of sp³-hybridized carbons (Fsp3) is 0.812. The van der Waals surface area contributed by atoms with Crippen molar-refractivity contribution < 1.29 is 0 Å². The third-order valence-corrected chi connectivity index (χ3v) is 4.07. The minimum atomic E-state index is 0.447. The van der Waals surface area contributed by atoms with Crippen molar-refractivity contribution in [2.75, 3.05) is 6.54 Å². The lowest BCUT2D eigenvalue weighted by Gasteiger charge is -2.19. The van der Waals surface area contributed by atoms with Gasteiger partial charge in [-0.1, -0.05) is 27.7 Å². The molecule has 0 fully saturated rings. The molecule has 1 heterocycles. The van der Waals surface area contributed by atoms with Gasteiger partial charge in [-0.2, -0.15) is 5.10 Å². The van der Waals surface area contributed by atoms with Crippen LogP contribution in [0.2, 0.25) is 0 Å². The number of hydrogen-bond acceptors (Lipinski definition) is 2. The molecule has 3 heteroatoms. The molecule has 0 aliphatic rings. The average Bonchev–Trinajstić information content (AvgIpc) is 2.69. The van der Waals surface area contributed by atoms with Gasteiger partial charge in [-0.15, -0.1) is 0 Å². The van der Waals surface area contributed by atoms with Gasteiger partial charge in [0.1, 0.15) is 0 Å². The van der Waals surface area contributed by atoms with Crippen LogP contribution < -0.4 is 5.32 Å². The lowest BCUT2D eigenvalue weighted by Crippen LogP contribution is -2.22. The Hall–Kier alpha value is -0.830. The third kappa shape index (κ3) is 3.59. The Balaban J connectivity index is 3.07. The van der Waals surface area contributed by atoms with Crippen LogP contribution in [0.5, 0.6) is 0 Å². The molecule has 19 heavy (non-hydrogen) atoms. The molecule has 0 saturated carbocycles. The zero-order valence-corrected chi connectivity index (χ0v) is 13.6. The summed E-state index contributed by atoms with van der Waals surface area (Å²) in [5, 5.41) is 8.46. The molecule has 0 bridgehead atoms. The van der Waals surface area contributed by atoms with Gasteiger partial charge in [0, 0.05) is 17.3 Å². The van der Waals surface area contributed by atoms with E-state index in [0.717, 1.165) is 25.8 Å². The highest BCUT2D eigenvalue weighted by Crippen LogP contribution is 2.28. The van der Waals surface area contributed by atoms with Gasteiger partial charge in [-0.3, -0.25) is 4.68 Å². The van der Waals surface area contributed by atoms with E-state index in [-0.39, 0.29) is 0 Å². The first-order chi connectivity index (χ1) is 9.10. The van der Waals surface area contributed by atoms with Crippen molar-refractivity contribution in [3.05, 3.63) is 17.0 Å². The van der Waals surface area contributed by atoms with E-state index in [0.29, 0.717) is 12.1 Å². The van der Waals surface area contributed by atoms with Crippen LogP contribution in [0, 0.1) is 13.8 Å². The predicted octanol–water partition coefficient (Wildman–Crippen LogP) is 4.31. The number of hydrogen-bond donors (Lipinski definition) is 1. The molecule has 0 radical (unpaired) electrons. The molecule has 3 nitrogen and oxygen atoms in total. The summed E-state index contributed by atoms with van der Waals surface area (Å²) in [6.07, 6.45) is 4.60. The highest BCUT2D eigenvalue weighted by atomic mass is 15.3. The van der Waals surface area contributed by atoms with Gasteiger partial charge < -0.3 is 5.32 Å². The molecule has 0 amide bonds. The van der Waals surface area contributed by atoms with Crippen molar-refractivity contribution in [3.63, 3.8) is 0 Å². The summed E-state index contributed by atoms with van der Waals surface area (Å²) >= 11 is 0. The summed E-state index contributed by atoms with van der Waals surface area (Å²) in [5.74, 6) is 0. The maximum atomic E-state index is 4.81. The molecule has 1 atom stereocenters. The van der Waals surface area contributed by atoms with Gasteiger partial charge >= 0.3 is 0 Å². The van der Waals surface area contributed by atoms with Gasteiger partial charge in [0.25, 0.3) is 0 Å². The zero-order chi connectivity index (χ0) is 14.4. The Kier molecular flexibility index (Phi) is 6.56. The van der Waals surface area contributed by atoms with E-state index in [1.165, 1.54) is 23.4 Å². The van der Waals surface area contributed by atoms with Crippen LogP contribution in [0.3, 0.4) is 0 Å². The highest BCUT2D eigenvalue weighted by Gasteiger charge is 2.21. The van der Waals surface area contributed by atoms with E-state index >= 15 is 0 Å². The summed E-state index contributed by atoms with van der Waals surface area (Å²) < 4.78 is 2.25. The summed E-state index contributed by atoms with van der Waals surface area (Å²) in [6, 6.07) is 0.985. The number of nitrogens with one attached hydrogen (secondary N) is 1. The smallest absolute Gasteiger partial charge is 0.0644 e. The number of aryl methyl sites for hydroxylation is 1. The van der Waals surface area contributed by atoms with Gasteiger partial charge in [-0.25, -0.2) is 0 Å². The first kappa shape index (κ1) is 16.2. The molecule has 0 aromatic carbocycles. The maximum absolute atomic E-state index is 4.81. The van der Waals surface area contributed by atoms with Gasteiger partial charge in [0.2, 0.25) is 0 Å². The first-order valence-electron chi connectivity index (χ1n) is 7.89. The van der Waals surface area contributed by atoms with E-state index < -0.39 is 0 Å². The fourth-order valence-corrected chi connectivity index (χ4v) is 2.94. The highest BCUT2D eigenvalue weighted by molar-refractivity contribution is 5.28. The summed E-state index contributed by atoms with van der Waals surface area (Å²) in [6.45, 7) is 14.4. The number of aromatic nitrogens is 2.